The van der Waals surface area contributed by atoms with Crippen LogP contribution in [-0.4, -0.2) is 38.2 Å². The number of thiophene rings is 1. The van der Waals surface area contributed by atoms with Gasteiger partial charge in [0.2, 0.25) is 0 Å². The van der Waals surface area contributed by atoms with E-state index in [1.165, 1.54) is 5.56 Å². The molecule has 2 aliphatic rings. The van der Waals surface area contributed by atoms with Crippen LogP contribution in [0.3, 0.4) is 0 Å². The molecule has 1 N–H and O–H groups in total. The highest BCUT2D eigenvalue weighted by atomic mass is 32.1. The fraction of sp³-hybridized carbons (Fsp3) is 0.409. The van der Waals surface area contributed by atoms with E-state index >= 15 is 0 Å². The van der Waals surface area contributed by atoms with Crippen molar-refractivity contribution < 1.29 is 4.79 Å². The van der Waals surface area contributed by atoms with Crippen molar-refractivity contribution in [3.63, 3.8) is 0 Å². The third kappa shape index (κ3) is 3.61. The van der Waals surface area contributed by atoms with Crippen molar-refractivity contribution in [1.82, 2.24) is 24.6 Å². The van der Waals surface area contributed by atoms with Gasteiger partial charge >= 0.3 is 0 Å². The Morgan fingerprint density at radius 2 is 2.13 bits per heavy atom. The van der Waals surface area contributed by atoms with Crippen LogP contribution in [0.5, 0.6) is 0 Å². The Balaban J connectivity index is 1.33. The topological polar surface area (TPSA) is 72.2 Å². The van der Waals surface area contributed by atoms with Crippen molar-refractivity contribution in [2.24, 2.45) is 13.0 Å². The number of hydrogen-bond donors (Lipinski definition) is 1. The van der Waals surface area contributed by atoms with Crippen molar-refractivity contribution in [2.45, 2.75) is 32.0 Å². The van der Waals surface area contributed by atoms with Crippen molar-refractivity contribution in [3.8, 4) is 0 Å². The molecule has 2 bridgehead atoms. The van der Waals surface area contributed by atoms with Gasteiger partial charge in [-0.25, -0.2) is 0 Å². The fourth-order valence-electron chi connectivity index (χ4n) is 4.83. The van der Waals surface area contributed by atoms with E-state index in [0.717, 1.165) is 37.4 Å². The van der Waals surface area contributed by atoms with Gasteiger partial charge in [-0.3, -0.25) is 19.2 Å². The summed E-state index contributed by atoms with van der Waals surface area (Å²) in [6.07, 6.45) is 2.81. The zero-order chi connectivity index (χ0) is 20.7. The Morgan fingerprint density at radius 3 is 2.90 bits per heavy atom. The molecule has 0 unspecified atom stereocenters. The molecule has 0 saturated carbocycles. The number of pyridine rings is 1. The normalized spacial score (nSPS) is 20.7. The summed E-state index contributed by atoms with van der Waals surface area (Å²) in [5.74, 6) is 0.460. The number of nitrogens with one attached hydrogen (secondary N) is 1. The van der Waals surface area contributed by atoms with E-state index in [2.05, 4.69) is 32.1 Å². The first-order valence-electron chi connectivity index (χ1n) is 10.3. The summed E-state index contributed by atoms with van der Waals surface area (Å²) in [7, 11) is 1.83. The molecule has 5 rings (SSSR count). The Labute approximate surface area is 178 Å². The van der Waals surface area contributed by atoms with Crippen molar-refractivity contribution in [1.29, 1.82) is 0 Å². The molecule has 7 nitrogen and oxygen atoms in total. The molecular formula is C22H25N5O2S. The number of fused-ring (bicyclic) bond motifs is 4. The number of amides is 1. The number of rotatable bonds is 5. The summed E-state index contributed by atoms with van der Waals surface area (Å²) < 4.78 is 3.56. The third-order valence-electron chi connectivity index (χ3n) is 6.26. The van der Waals surface area contributed by atoms with Crippen LogP contribution in [0.25, 0.3) is 0 Å². The van der Waals surface area contributed by atoms with E-state index in [4.69, 9.17) is 0 Å². The number of likely N-dealkylation sites (tertiary alicyclic amines) is 1. The molecule has 1 amide bonds. The number of nitrogens with zero attached hydrogens (tertiary/aromatic N) is 4. The maximum Gasteiger partial charge on any atom is 0.263 e. The lowest BCUT2D eigenvalue weighted by Gasteiger charge is -2.42. The first-order valence-corrected chi connectivity index (χ1v) is 11.2. The SMILES string of the molecule is Cn1nccc1CNC(=O)c1ccc2n(c1=O)C[C@H]1C[C@@H]2CN(Cc2ccsc2)C1. The molecular weight excluding hydrogens is 398 g/mol. The molecule has 8 heteroatoms. The maximum absolute atomic E-state index is 13.1. The molecule has 1 fully saturated rings. The first kappa shape index (κ1) is 19.3. The van der Waals surface area contributed by atoms with Crippen LogP contribution >= 0.6 is 11.3 Å². The minimum Gasteiger partial charge on any atom is -0.346 e. The summed E-state index contributed by atoms with van der Waals surface area (Å²) in [5, 5.41) is 11.3. The minimum absolute atomic E-state index is 0.170. The van der Waals surface area contributed by atoms with E-state index in [1.807, 2.05) is 23.7 Å². The molecule has 0 radical (unpaired) electrons. The van der Waals surface area contributed by atoms with Gasteiger partial charge < -0.3 is 9.88 Å². The number of aryl methyl sites for hydroxylation is 1. The van der Waals surface area contributed by atoms with Gasteiger partial charge in [0.25, 0.3) is 11.5 Å². The summed E-state index contributed by atoms with van der Waals surface area (Å²) in [4.78, 5) is 28.3. The predicted octanol–water partition coefficient (Wildman–Crippen LogP) is 2.19. The Hall–Kier alpha value is -2.71. The average molecular weight is 424 g/mol. The molecule has 5 heterocycles. The number of aromatic nitrogens is 3. The highest BCUT2D eigenvalue weighted by molar-refractivity contribution is 7.07. The van der Waals surface area contributed by atoms with Crippen LogP contribution in [0.1, 0.15) is 39.6 Å². The van der Waals surface area contributed by atoms with Crippen LogP contribution in [-0.2, 0) is 26.7 Å². The van der Waals surface area contributed by atoms with Crippen LogP contribution in [0, 0.1) is 5.92 Å². The molecule has 0 aliphatic carbocycles. The van der Waals surface area contributed by atoms with Gasteiger partial charge in [0.15, 0.2) is 0 Å². The lowest BCUT2D eigenvalue weighted by Crippen LogP contribution is -2.47. The molecule has 1 saturated heterocycles. The molecule has 2 atom stereocenters. The highest BCUT2D eigenvalue weighted by Gasteiger charge is 2.35. The second-order valence-electron chi connectivity index (χ2n) is 8.34. The van der Waals surface area contributed by atoms with E-state index in [9.17, 15) is 9.59 Å². The maximum atomic E-state index is 13.1. The molecule has 3 aromatic heterocycles. The summed E-state index contributed by atoms with van der Waals surface area (Å²) >= 11 is 1.73. The standard InChI is InChI=1S/C22H25N5O2S/c1-25-18(4-6-24-25)9-23-21(28)19-2-3-20-17-8-16(12-27(20)22(19)29)11-26(13-17)10-15-5-7-30-14-15/h2-7,14,16-17H,8-13H2,1H3,(H,23,28)/t16-,17+/m0/s1. The van der Waals surface area contributed by atoms with Gasteiger partial charge in [0.1, 0.15) is 5.56 Å². The molecule has 0 aromatic carbocycles. The zero-order valence-electron chi connectivity index (χ0n) is 17.0. The Bertz CT molecular complexity index is 1120. The Kier molecular flexibility index (Phi) is 5.04. The minimum atomic E-state index is -0.327. The van der Waals surface area contributed by atoms with Crippen molar-refractivity contribution in [2.75, 3.05) is 13.1 Å². The molecule has 2 aliphatic heterocycles. The molecule has 156 valence electrons. The van der Waals surface area contributed by atoms with Gasteiger partial charge in [-0.05, 0) is 52.9 Å². The van der Waals surface area contributed by atoms with Crippen LogP contribution in [0.4, 0.5) is 0 Å². The average Bonchev–Trinajstić information content (AvgIpc) is 3.38. The second kappa shape index (κ2) is 7.85. The van der Waals surface area contributed by atoms with Gasteiger partial charge in [0.05, 0.1) is 12.2 Å². The zero-order valence-corrected chi connectivity index (χ0v) is 17.8. The number of carbonyl (C=O) groups is 1. The smallest absolute Gasteiger partial charge is 0.263 e. The first-order chi connectivity index (χ1) is 14.6. The quantitative estimate of drug-likeness (QED) is 0.683. The second-order valence-corrected chi connectivity index (χ2v) is 9.12. The monoisotopic (exact) mass is 423 g/mol. The third-order valence-corrected chi connectivity index (χ3v) is 7.00. The van der Waals surface area contributed by atoms with Gasteiger partial charge in [0, 0.05) is 51.0 Å². The van der Waals surface area contributed by atoms with Crippen LogP contribution < -0.4 is 10.9 Å². The summed E-state index contributed by atoms with van der Waals surface area (Å²) in [6, 6.07) is 7.72. The van der Waals surface area contributed by atoms with Crippen molar-refractivity contribution in [3.05, 3.63) is 74.1 Å². The van der Waals surface area contributed by atoms with Crippen molar-refractivity contribution >= 4 is 17.2 Å². The van der Waals surface area contributed by atoms with Gasteiger partial charge in [-0.15, -0.1) is 0 Å². The lowest BCUT2D eigenvalue weighted by atomic mass is 9.83. The number of piperidine rings is 1. The fourth-order valence-corrected chi connectivity index (χ4v) is 5.49. The van der Waals surface area contributed by atoms with E-state index in [1.54, 1.807) is 28.3 Å². The molecule has 0 spiro atoms. The van der Waals surface area contributed by atoms with Crippen LogP contribution in [0.15, 0.2) is 46.0 Å². The van der Waals surface area contributed by atoms with E-state index in [-0.39, 0.29) is 17.0 Å². The Morgan fingerprint density at radius 1 is 1.23 bits per heavy atom. The molecule has 30 heavy (non-hydrogen) atoms. The molecule has 3 aromatic rings. The van der Waals surface area contributed by atoms with Gasteiger partial charge in [-0.2, -0.15) is 16.4 Å². The summed E-state index contributed by atoms with van der Waals surface area (Å²) in [6.45, 7) is 3.95. The predicted molar refractivity (Wildman–Crippen MR) is 116 cm³/mol. The summed E-state index contributed by atoms with van der Waals surface area (Å²) in [5.41, 5.74) is 3.36. The van der Waals surface area contributed by atoms with Crippen LogP contribution in [0.2, 0.25) is 0 Å². The van der Waals surface area contributed by atoms with E-state index in [0.29, 0.717) is 24.9 Å². The number of carbonyl (C=O) groups excluding carboxylic acids is 1. The van der Waals surface area contributed by atoms with Gasteiger partial charge in [-0.1, -0.05) is 0 Å². The van der Waals surface area contributed by atoms with E-state index < -0.39 is 0 Å². The lowest BCUT2D eigenvalue weighted by molar-refractivity contribution is 0.0943. The number of hydrogen-bond acceptors (Lipinski definition) is 5. The highest BCUT2D eigenvalue weighted by Crippen LogP contribution is 2.35. The largest absolute Gasteiger partial charge is 0.346 e.